The van der Waals surface area contributed by atoms with Gasteiger partial charge in [0, 0.05) is 54.8 Å². The summed E-state index contributed by atoms with van der Waals surface area (Å²) in [5, 5.41) is 8.53. The first kappa shape index (κ1) is 24.0. The number of H-pyrrole nitrogens is 1. The predicted octanol–water partition coefficient (Wildman–Crippen LogP) is 6.56. The van der Waals surface area contributed by atoms with Crippen molar-refractivity contribution in [3.8, 4) is 11.4 Å². The monoisotopic (exact) mass is 494 g/mol. The second kappa shape index (κ2) is 9.47. The van der Waals surface area contributed by atoms with E-state index in [9.17, 15) is 0 Å². The Bertz CT molecular complexity index is 1450. The van der Waals surface area contributed by atoms with Crippen molar-refractivity contribution < 1.29 is 0 Å². The quantitative estimate of drug-likeness (QED) is 0.348. The van der Waals surface area contributed by atoms with Crippen molar-refractivity contribution in [2.45, 2.75) is 66.3 Å². The summed E-state index contributed by atoms with van der Waals surface area (Å²) in [7, 11) is 0. The van der Waals surface area contributed by atoms with Crippen molar-refractivity contribution in [3.63, 3.8) is 0 Å². The van der Waals surface area contributed by atoms with Gasteiger partial charge < -0.3 is 9.80 Å². The first-order valence-electron chi connectivity index (χ1n) is 13.8. The van der Waals surface area contributed by atoms with Crippen LogP contribution in [0, 0.1) is 19.8 Å². The summed E-state index contributed by atoms with van der Waals surface area (Å²) in [5.41, 5.74) is 9.89. The van der Waals surface area contributed by atoms with E-state index in [-0.39, 0.29) is 0 Å². The third-order valence-electron chi connectivity index (χ3n) is 8.29. The van der Waals surface area contributed by atoms with E-state index in [4.69, 9.17) is 9.97 Å². The molecule has 1 atom stereocenters. The van der Waals surface area contributed by atoms with Crippen LogP contribution in [0.2, 0.25) is 0 Å². The largest absolute Gasteiger partial charge is 0.366 e. The van der Waals surface area contributed by atoms with E-state index >= 15 is 0 Å². The van der Waals surface area contributed by atoms with Crippen LogP contribution < -0.4 is 9.80 Å². The summed E-state index contributed by atoms with van der Waals surface area (Å²) < 4.78 is 0. The van der Waals surface area contributed by atoms with Crippen LogP contribution in [0.25, 0.3) is 22.3 Å². The van der Waals surface area contributed by atoms with Crippen LogP contribution in [0.4, 0.5) is 11.5 Å². The molecule has 0 bridgehead atoms. The van der Waals surface area contributed by atoms with Crippen LogP contribution in [-0.2, 0) is 13.0 Å². The van der Waals surface area contributed by atoms with Crippen LogP contribution >= 0.6 is 0 Å². The highest BCUT2D eigenvalue weighted by atomic mass is 15.2. The molecule has 2 aliphatic rings. The zero-order valence-corrected chi connectivity index (χ0v) is 22.8. The van der Waals surface area contributed by atoms with Crippen molar-refractivity contribution in [3.05, 3.63) is 64.5 Å². The molecule has 37 heavy (non-hydrogen) atoms. The molecule has 0 aliphatic carbocycles. The van der Waals surface area contributed by atoms with Gasteiger partial charge >= 0.3 is 0 Å². The minimum absolute atomic E-state index is 0.515. The number of piperidine rings is 1. The number of nitrogens with zero attached hydrogens (tertiary/aromatic N) is 5. The first-order chi connectivity index (χ1) is 17.9. The van der Waals surface area contributed by atoms with Crippen molar-refractivity contribution >= 4 is 22.4 Å². The minimum Gasteiger partial charge on any atom is -0.366 e. The van der Waals surface area contributed by atoms with Gasteiger partial charge in [0.15, 0.2) is 5.82 Å². The average Bonchev–Trinajstić information content (AvgIpc) is 3.36. The van der Waals surface area contributed by atoms with Gasteiger partial charge in [0.1, 0.15) is 5.82 Å². The lowest BCUT2D eigenvalue weighted by Crippen LogP contribution is -2.38. The lowest BCUT2D eigenvalue weighted by Gasteiger charge is -2.37. The fraction of sp³-hybridized carbons (Fsp3) is 0.452. The van der Waals surface area contributed by atoms with Gasteiger partial charge in [-0.1, -0.05) is 39.0 Å². The number of aromatic nitrogens is 4. The van der Waals surface area contributed by atoms with Gasteiger partial charge in [-0.2, -0.15) is 5.10 Å². The number of hydrogen-bond acceptors (Lipinski definition) is 5. The molecule has 2 aromatic heterocycles. The van der Waals surface area contributed by atoms with E-state index in [2.05, 4.69) is 84.9 Å². The molecule has 0 spiro atoms. The van der Waals surface area contributed by atoms with Crippen molar-refractivity contribution in [2.75, 3.05) is 29.4 Å². The Labute approximate surface area is 220 Å². The molecular weight excluding hydrogens is 456 g/mol. The number of anilines is 2. The number of hydrogen-bond donors (Lipinski definition) is 1. The highest BCUT2D eigenvalue weighted by molar-refractivity contribution is 5.94. The Morgan fingerprint density at radius 1 is 1.00 bits per heavy atom. The van der Waals surface area contributed by atoms with Gasteiger partial charge in [0.05, 0.1) is 17.4 Å². The second-order valence-electron chi connectivity index (χ2n) is 11.5. The molecule has 1 fully saturated rings. The zero-order valence-electron chi connectivity index (χ0n) is 22.8. The number of aromatic amines is 1. The summed E-state index contributed by atoms with van der Waals surface area (Å²) in [4.78, 5) is 15.7. The van der Waals surface area contributed by atoms with Gasteiger partial charge in [-0.25, -0.2) is 9.97 Å². The van der Waals surface area contributed by atoms with Gasteiger partial charge in [-0.05, 0) is 67.3 Å². The molecule has 0 amide bonds. The molecule has 6 rings (SSSR count). The van der Waals surface area contributed by atoms with Crippen LogP contribution in [-0.4, -0.2) is 39.8 Å². The van der Waals surface area contributed by atoms with Gasteiger partial charge in [-0.3, -0.25) is 5.10 Å². The highest BCUT2D eigenvalue weighted by Gasteiger charge is 2.29. The molecule has 2 aliphatic heterocycles. The summed E-state index contributed by atoms with van der Waals surface area (Å²) >= 11 is 0. The van der Waals surface area contributed by atoms with E-state index in [0.29, 0.717) is 11.8 Å². The topological polar surface area (TPSA) is 60.9 Å². The van der Waals surface area contributed by atoms with E-state index < -0.39 is 0 Å². The Balaban J connectivity index is 1.47. The maximum absolute atomic E-state index is 5.35. The molecule has 0 radical (unpaired) electrons. The summed E-state index contributed by atoms with van der Waals surface area (Å²) in [6, 6.07) is 11.2. The molecule has 6 nitrogen and oxygen atoms in total. The maximum Gasteiger partial charge on any atom is 0.162 e. The summed E-state index contributed by atoms with van der Waals surface area (Å²) in [5.74, 6) is 3.16. The lowest BCUT2D eigenvalue weighted by atomic mass is 9.96. The molecule has 4 heterocycles. The third-order valence-corrected chi connectivity index (χ3v) is 8.29. The maximum atomic E-state index is 5.35. The van der Waals surface area contributed by atoms with Gasteiger partial charge in [0.2, 0.25) is 0 Å². The average molecular weight is 495 g/mol. The molecule has 6 heteroatoms. The Kier molecular flexibility index (Phi) is 6.13. The molecule has 192 valence electrons. The van der Waals surface area contributed by atoms with Crippen molar-refractivity contribution in [2.24, 2.45) is 5.92 Å². The summed E-state index contributed by atoms with van der Waals surface area (Å²) in [6.45, 7) is 15.2. The van der Waals surface area contributed by atoms with E-state index in [1.165, 1.54) is 46.5 Å². The number of benzene rings is 2. The molecule has 0 saturated carbocycles. The highest BCUT2D eigenvalue weighted by Crippen LogP contribution is 2.37. The third kappa shape index (κ3) is 4.36. The fourth-order valence-electron chi connectivity index (χ4n) is 6.11. The van der Waals surface area contributed by atoms with Crippen LogP contribution in [0.15, 0.2) is 36.5 Å². The van der Waals surface area contributed by atoms with Crippen molar-refractivity contribution in [1.29, 1.82) is 0 Å². The van der Waals surface area contributed by atoms with Crippen LogP contribution in [0.5, 0.6) is 0 Å². The van der Waals surface area contributed by atoms with E-state index in [0.717, 1.165) is 60.7 Å². The molecule has 2 aromatic carbocycles. The second-order valence-corrected chi connectivity index (χ2v) is 11.5. The Morgan fingerprint density at radius 2 is 1.84 bits per heavy atom. The Hall–Kier alpha value is -3.41. The number of rotatable bonds is 4. The molecular formula is C31H38N6. The molecule has 1 N–H and O–H groups in total. The standard InChI is InChI=1S/C31H38N6/c1-19(2)23-10-8-21(4)28(15-23)36-14-12-26-25(18-36)31(37-13-6-7-20(3)17-37)34-30(33-26)29-22(5)9-11-27-24(29)16-32-35-27/h8-11,15-16,19-20H,6-7,12-14,17-18H2,1-5H3,(H,32,35). The molecule has 1 unspecified atom stereocenters. The lowest BCUT2D eigenvalue weighted by molar-refractivity contribution is 0.443. The molecule has 4 aromatic rings. The SMILES string of the molecule is Cc1ccc(C(C)C)cc1N1CCc2nc(-c3c(C)ccc4[nH]ncc34)nc(N3CCCC(C)C3)c2C1. The zero-order chi connectivity index (χ0) is 25.7. The number of fused-ring (bicyclic) bond motifs is 2. The van der Waals surface area contributed by atoms with Gasteiger partial charge in [-0.15, -0.1) is 0 Å². The first-order valence-corrected chi connectivity index (χ1v) is 13.8. The minimum atomic E-state index is 0.515. The summed E-state index contributed by atoms with van der Waals surface area (Å²) in [6.07, 6.45) is 5.34. The number of aryl methyl sites for hydroxylation is 2. The number of nitrogens with one attached hydrogen (secondary N) is 1. The fourth-order valence-corrected chi connectivity index (χ4v) is 6.11. The normalized spacial score (nSPS) is 18.1. The van der Waals surface area contributed by atoms with Crippen LogP contribution in [0.3, 0.4) is 0 Å². The van der Waals surface area contributed by atoms with Gasteiger partial charge in [0.25, 0.3) is 0 Å². The van der Waals surface area contributed by atoms with Crippen molar-refractivity contribution in [1.82, 2.24) is 20.2 Å². The van der Waals surface area contributed by atoms with E-state index in [1.54, 1.807) is 0 Å². The Morgan fingerprint density at radius 3 is 2.65 bits per heavy atom. The van der Waals surface area contributed by atoms with Crippen LogP contribution in [0.1, 0.15) is 67.5 Å². The smallest absolute Gasteiger partial charge is 0.162 e. The van der Waals surface area contributed by atoms with E-state index in [1.807, 2.05) is 6.20 Å². The predicted molar refractivity (Wildman–Crippen MR) is 152 cm³/mol. The molecule has 1 saturated heterocycles.